The van der Waals surface area contributed by atoms with Crippen molar-refractivity contribution >= 4 is 38.4 Å². The Morgan fingerprint density at radius 2 is 1.85 bits per heavy atom. The number of hydrogen-bond acceptors (Lipinski definition) is 6. The molecule has 0 radical (unpaired) electrons. The molecule has 1 fully saturated rings. The number of morpholine rings is 1. The molecular weight excluding hydrogens is 456 g/mol. The van der Waals surface area contributed by atoms with E-state index in [1.54, 1.807) is 42.5 Å². The van der Waals surface area contributed by atoms with Crippen molar-refractivity contribution in [3.05, 3.63) is 53.9 Å². The zero-order valence-corrected chi connectivity index (χ0v) is 20.1. The number of amides is 1. The van der Waals surface area contributed by atoms with Crippen molar-refractivity contribution in [1.29, 1.82) is 0 Å². The summed E-state index contributed by atoms with van der Waals surface area (Å²) in [7, 11) is -3.62. The molecule has 0 bridgehead atoms. The highest BCUT2D eigenvalue weighted by molar-refractivity contribution is 7.89. The number of ether oxygens (including phenoxy) is 1. The van der Waals surface area contributed by atoms with E-state index in [0.717, 1.165) is 5.52 Å². The van der Waals surface area contributed by atoms with Crippen LogP contribution in [0.1, 0.15) is 36.5 Å². The molecule has 4 rings (SSSR count). The Kier molecular flexibility index (Phi) is 7.11. The Bertz CT molecular complexity index is 1330. The molecule has 0 aliphatic carbocycles. The summed E-state index contributed by atoms with van der Waals surface area (Å²) in [5, 5.41) is 2.81. The van der Waals surface area contributed by atoms with Crippen LogP contribution in [0.15, 0.2) is 47.4 Å². The van der Waals surface area contributed by atoms with Crippen LogP contribution in [0.2, 0.25) is 0 Å². The van der Waals surface area contributed by atoms with Gasteiger partial charge in [-0.1, -0.05) is 12.1 Å². The fourth-order valence-electron chi connectivity index (χ4n) is 4.14. The number of imidazole rings is 1. The largest absolute Gasteiger partial charge is 0.379 e. The molecule has 2 heterocycles. The predicted molar refractivity (Wildman–Crippen MR) is 128 cm³/mol. The minimum absolute atomic E-state index is 0.119. The molecule has 180 valence electrons. The van der Waals surface area contributed by atoms with Crippen LogP contribution in [0, 0.1) is 0 Å². The Balaban J connectivity index is 1.53. The van der Waals surface area contributed by atoms with Crippen molar-refractivity contribution in [2.24, 2.45) is 0 Å². The number of carbonyl (C=O) groups excluding carboxylic acids is 2. The van der Waals surface area contributed by atoms with Gasteiger partial charge in [0.1, 0.15) is 5.82 Å². The molecule has 1 N–H and O–H groups in total. The molecule has 0 unspecified atom stereocenters. The van der Waals surface area contributed by atoms with Crippen LogP contribution < -0.4 is 5.32 Å². The summed E-state index contributed by atoms with van der Waals surface area (Å²) in [6, 6.07) is 11.9. The van der Waals surface area contributed by atoms with E-state index in [2.05, 4.69) is 10.3 Å². The molecule has 0 atom stereocenters. The number of fused-ring (bicyclic) bond motifs is 1. The second-order valence-corrected chi connectivity index (χ2v) is 10.0. The topological polar surface area (TPSA) is 111 Å². The summed E-state index contributed by atoms with van der Waals surface area (Å²) >= 11 is 0. The van der Waals surface area contributed by atoms with E-state index in [1.165, 1.54) is 11.2 Å². The fraction of sp³-hybridized carbons (Fsp3) is 0.375. The van der Waals surface area contributed by atoms with E-state index in [9.17, 15) is 18.0 Å². The third-order valence-electron chi connectivity index (χ3n) is 5.88. The molecule has 9 nitrogen and oxygen atoms in total. The Hall–Kier alpha value is -3.08. The van der Waals surface area contributed by atoms with E-state index >= 15 is 0 Å². The average molecular weight is 485 g/mol. The molecule has 3 aromatic rings. The molecule has 34 heavy (non-hydrogen) atoms. The normalized spacial score (nSPS) is 14.9. The summed E-state index contributed by atoms with van der Waals surface area (Å²) in [6.07, 6.45) is 0.552. The van der Waals surface area contributed by atoms with E-state index in [4.69, 9.17) is 4.74 Å². The van der Waals surface area contributed by atoms with Crippen molar-refractivity contribution in [3.8, 4) is 0 Å². The summed E-state index contributed by atoms with van der Waals surface area (Å²) in [5.74, 6) is 0.360. The van der Waals surface area contributed by atoms with Gasteiger partial charge in [-0.25, -0.2) is 13.4 Å². The van der Waals surface area contributed by atoms with Gasteiger partial charge in [-0.05, 0) is 44.2 Å². The summed E-state index contributed by atoms with van der Waals surface area (Å²) in [6.45, 7) is 5.50. The average Bonchev–Trinajstić information content (AvgIpc) is 3.20. The van der Waals surface area contributed by atoms with E-state index < -0.39 is 10.0 Å². The zero-order chi connectivity index (χ0) is 24.3. The maximum Gasteiger partial charge on any atom is 0.243 e. The highest BCUT2D eigenvalue weighted by Gasteiger charge is 2.27. The van der Waals surface area contributed by atoms with Gasteiger partial charge in [0.05, 0.1) is 34.8 Å². The molecule has 2 aromatic carbocycles. The molecular formula is C24H28N4O5S. The molecule has 1 saturated heterocycles. The van der Waals surface area contributed by atoms with Crippen LogP contribution in [-0.2, 0) is 32.5 Å². The summed E-state index contributed by atoms with van der Waals surface area (Å²) in [5.41, 5.74) is 2.35. The molecule has 0 saturated carbocycles. The molecule has 1 aromatic heterocycles. The van der Waals surface area contributed by atoms with Gasteiger partial charge in [-0.15, -0.1) is 0 Å². The molecule has 1 aliphatic rings. The number of ketones is 1. The Morgan fingerprint density at radius 3 is 2.56 bits per heavy atom. The number of carbonyl (C=O) groups is 2. The van der Waals surface area contributed by atoms with Gasteiger partial charge in [0.15, 0.2) is 5.78 Å². The molecule has 0 spiro atoms. The second kappa shape index (κ2) is 10.0. The van der Waals surface area contributed by atoms with Gasteiger partial charge in [0.2, 0.25) is 15.9 Å². The lowest BCUT2D eigenvalue weighted by molar-refractivity contribution is -0.116. The lowest BCUT2D eigenvalue weighted by Gasteiger charge is -2.26. The number of para-hydroxylation sites is 1. The highest BCUT2D eigenvalue weighted by atomic mass is 32.2. The van der Waals surface area contributed by atoms with Crippen LogP contribution in [0.25, 0.3) is 11.0 Å². The first-order chi connectivity index (χ1) is 16.3. The first kappa shape index (κ1) is 24.1. The van der Waals surface area contributed by atoms with Gasteiger partial charge in [0.25, 0.3) is 0 Å². The van der Waals surface area contributed by atoms with Crippen LogP contribution in [0.3, 0.4) is 0 Å². The minimum Gasteiger partial charge on any atom is -0.379 e. The number of rotatable bonds is 8. The van der Waals surface area contributed by atoms with Crippen molar-refractivity contribution in [2.45, 2.75) is 38.1 Å². The SMILES string of the molecule is CCn1c(CCC(=O)Nc2ccccc2C(C)=O)nc2cc(S(=O)(=O)N3CCOCC3)ccc21. The first-order valence-electron chi connectivity index (χ1n) is 11.3. The van der Waals surface area contributed by atoms with E-state index in [-0.39, 0.29) is 23.0 Å². The number of anilines is 1. The highest BCUT2D eigenvalue weighted by Crippen LogP contribution is 2.24. The number of benzene rings is 2. The van der Waals surface area contributed by atoms with Gasteiger partial charge in [0, 0.05) is 38.0 Å². The standard InChI is InChI=1S/C24H28N4O5S/c1-3-28-22-9-8-18(34(31,32)27-12-14-33-15-13-27)16-21(22)25-23(28)10-11-24(30)26-20-7-5-4-6-19(20)17(2)29/h4-9,16H,3,10-15H2,1-2H3,(H,26,30). The number of nitrogens with one attached hydrogen (secondary N) is 1. The third-order valence-corrected chi connectivity index (χ3v) is 7.77. The van der Waals surface area contributed by atoms with Crippen LogP contribution in [-0.4, -0.2) is 60.3 Å². The minimum atomic E-state index is -3.62. The Morgan fingerprint density at radius 1 is 1.12 bits per heavy atom. The smallest absolute Gasteiger partial charge is 0.243 e. The molecule has 1 amide bonds. The summed E-state index contributed by atoms with van der Waals surface area (Å²) < 4.78 is 34.7. The van der Waals surface area contributed by atoms with Crippen LogP contribution in [0.4, 0.5) is 5.69 Å². The monoisotopic (exact) mass is 484 g/mol. The predicted octanol–water partition coefficient (Wildman–Crippen LogP) is 2.85. The number of Topliss-reactive ketones (excluding diaryl/α,β-unsaturated/α-hetero) is 1. The van der Waals surface area contributed by atoms with Gasteiger partial charge in [-0.3, -0.25) is 9.59 Å². The third kappa shape index (κ3) is 4.89. The lowest BCUT2D eigenvalue weighted by atomic mass is 10.1. The number of hydrogen-bond donors (Lipinski definition) is 1. The first-order valence-corrected chi connectivity index (χ1v) is 12.7. The Labute approximate surface area is 198 Å². The van der Waals surface area contributed by atoms with Gasteiger partial charge in [-0.2, -0.15) is 4.31 Å². The van der Waals surface area contributed by atoms with Crippen molar-refractivity contribution in [2.75, 3.05) is 31.6 Å². The number of nitrogens with zero attached hydrogens (tertiary/aromatic N) is 3. The van der Waals surface area contributed by atoms with Crippen molar-refractivity contribution < 1.29 is 22.7 Å². The van der Waals surface area contributed by atoms with Crippen molar-refractivity contribution in [1.82, 2.24) is 13.9 Å². The van der Waals surface area contributed by atoms with Gasteiger partial charge >= 0.3 is 0 Å². The molecule has 1 aliphatic heterocycles. The molecule has 10 heteroatoms. The van der Waals surface area contributed by atoms with E-state index in [0.29, 0.717) is 61.9 Å². The number of sulfonamides is 1. The van der Waals surface area contributed by atoms with Crippen LogP contribution >= 0.6 is 0 Å². The van der Waals surface area contributed by atoms with Crippen LogP contribution in [0.5, 0.6) is 0 Å². The number of aromatic nitrogens is 2. The quantitative estimate of drug-likeness (QED) is 0.492. The maximum atomic E-state index is 13.0. The maximum absolute atomic E-state index is 13.0. The summed E-state index contributed by atoms with van der Waals surface area (Å²) in [4.78, 5) is 29.2. The zero-order valence-electron chi connectivity index (χ0n) is 19.3. The number of aryl methyl sites for hydroxylation is 2. The lowest BCUT2D eigenvalue weighted by Crippen LogP contribution is -2.40. The fourth-order valence-corrected chi connectivity index (χ4v) is 5.57. The van der Waals surface area contributed by atoms with E-state index in [1.807, 2.05) is 11.5 Å². The van der Waals surface area contributed by atoms with Gasteiger partial charge < -0.3 is 14.6 Å². The van der Waals surface area contributed by atoms with Crippen molar-refractivity contribution in [3.63, 3.8) is 0 Å². The second-order valence-electron chi connectivity index (χ2n) is 8.09.